The third kappa shape index (κ3) is 3.21. The molecule has 0 aliphatic heterocycles. The van der Waals surface area contributed by atoms with E-state index in [0.717, 1.165) is 11.3 Å². The van der Waals surface area contributed by atoms with Gasteiger partial charge in [0.2, 0.25) is 0 Å². The molecule has 2 N–H and O–H groups in total. The highest BCUT2D eigenvalue weighted by molar-refractivity contribution is 7.07. The van der Waals surface area contributed by atoms with Gasteiger partial charge in [-0.15, -0.1) is 11.3 Å². The summed E-state index contributed by atoms with van der Waals surface area (Å²) in [4.78, 5) is 4.19. The predicted octanol–water partition coefficient (Wildman–Crippen LogP) is 2.54. The fourth-order valence-corrected chi connectivity index (χ4v) is 2.19. The Morgan fingerprint density at radius 3 is 3.00 bits per heavy atom. The Morgan fingerprint density at radius 1 is 1.39 bits per heavy atom. The van der Waals surface area contributed by atoms with E-state index in [4.69, 9.17) is 4.74 Å². The number of nitrogens with one attached hydrogen (secondary N) is 1. The largest absolute Gasteiger partial charge is 0.504 e. The summed E-state index contributed by atoms with van der Waals surface area (Å²) in [6.45, 7) is 3.72. The monoisotopic (exact) mass is 264 g/mol. The van der Waals surface area contributed by atoms with E-state index in [0.29, 0.717) is 25.4 Å². The molecule has 1 aromatic carbocycles. The van der Waals surface area contributed by atoms with Crippen LogP contribution in [0.4, 0.5) is 0 Å². The van der Waals surface area contributed by atoms with Gasteiger partial charge in [0.1, 0.15) is 0 Å². The molecular formula is C13H16N2O2S. The van der Waals surface area contributed by atoms with Gasteiger partial charge in [-0.05, 0) is 13.0 Å². The Hall–Kier alpha value is -1.59. The minimum absolute atomic E-state index is 0.213. The molecule has 0 saturated heterocycles. The van der Waals surface area contributed by atoms with E-state index in [1.807, 2.05) is 29.9 Å². The van der Waals surface area contributed by atoms with Gasteiger partial charge in [0, 0.05) is 24.0 Å². The summed E-state index contributed by atoms with van der Waals surface area (Å²) in [6, 6.07) is 5.53. The molecule has 1 heterocycles. The fourth-order valence-electron chi connectivity index (χ4n) is 1.63. The number of para-hydroxylation sites is 1. The van der Waals surface area contributed by atoms with E-state index in [-0.39, 0.29) is 5.75 Å². The summed E-state index contributed by atoms with van der Waals surface area (Å²) < 4.78 is 5.34. The molecule has 0 spiro atoms. The van der Waals surface area contributed by atoms with E-state index in [9.17, 15) is 5.11 Å². The molecule has 0 aliphatic carbocycles. The van der Waals surface area contributed by atoms with Crippen LogP contribution in [-0.4, -0.2) is 16.7 Å². The van der Waals surface area contributed by atoms with Crippen LogP contribution in [-0.2, 0) is 13.1 Å². The number of thiazole rings is 1. The van der Waals surface area contributed by atoms with Crippen LogP contribution in [0.3, 0.4) is 0 Å². The van der Waals surface area contributed by atoms with Crippen molar-refractivity contribution in [1.29, 1.82) is 0 Å². The zero-order chi connectivity index (χ0) is 12.8. The van der Waals surface area contributed by atoms with Crippen LogP contribution in [0.15, 0.2) is 29.1 Å². The molecule has 2 aromatic rings. The Morgan fingerprint density at radius 2 is 2.28 bits per heavy atom. The number of hydrogen-bond donors (Lipinski definition) is 2. The van der Waals surface area contributed by atoms with Gasteiger partial charge < -0.3 is 15.2 Å². The maximum atomic E-state index is 10.00. The Balaban J connectivity index is 1.94. The van der Waals surface area contributed by atoms with E-state index in [2.05, 4.69) is 10.3 Å². The molecule has 2 rings (SSSR count). The normalized spacial score (nSPS) is 10.5. The first-order chi connectivity index (χ1) is 8.81. The molecule has 0 unspecified atom stereocenters. The zero-order valence-corrected chi connectivity index (χ0v) is 11.0. The molecule has 5 heteroatoms. The lowest BCUT2D eigenvalue weighted by Crippen LogP contribution is -2.13. The Labute approximate surface area is 110 Å². The van der Waals surface area contributed by atoms with Crippen LogP contribution >= 0.6 is 11.3 Å². The lowest BCUT2D eigenvalue weighted by atomic mass is 10.2. The molecule has 0 saturated carbocycles. The van der Waals surface area contributed by atoms with Crippen molar-refractivity contribution in [3.63, 3.8) is 0 Å². The standard InChI is InChI=1S/C13H16N2O2S/c1-2-17-12-5-3-4-10(13(12)16)6-14-7-11-8-18-9-15-11/h3-5,8-9,14,16H,2,6-7H2,1H3. The van der Waals surface area contributed by atoms with Crippen molar-refractivity contribution >= 4 is 11.3 Å². The van der Waals surface area contributed by atoms with Crippen LogP contribution in [0.2, 0.25) is 0 Å². The summed E-state index contributed by atoms with van der Waals surface area (Å²) in [6.07, 6.45) is 0. The van der Waals surface area contributed by atoms with Gasteiger partial charge in [-0.25, -0.2) is 4.98 Å². The summed E-state index contributed by atoms with van der Waals surface area (Å²) in [5.74, 6) is 0.746. The summed E-state index contributed by atoms with van der Waals surface area (Å²) >= 11 is 1.58. The Bertz CT molecular complexity index is 486. The number of hydrogen-bond acceptors (Lipinski definition) is 5. The first-order valence-corrected chi connectivity index (χ1v) is 6.77. The maximum absolute atomic E-state index is 10.00. The van der Waals surface area contributed by atoms with Crippen LogP contribution in [0, 0.1) is 0 Å². The van der Waals surface area contributed by atoms with Gasteiger partial charge in [0.25, 0.3) is 0 Å². The lowest BCUT2D eigenvalue weighted by molar-refractivity contribution is 0.316. The molecule has 0 bridgehead atoms. The smallest absolute Gasteiger partial charge is 0.162 e. The molecule has 0 amide bonds. The van der Waals surface area contributed by atoms with Crippen molar-refractivity contribution in [2.24, 2.45) is 0 Å². The predicted molar refractivity (Wildman–Crippen MR) is 71.9 cm³/mol. The van der Waals surface area contributed by atoms with Crippen molar-refractivity contribution < 1.29 is 9.84 Å². The van der Waals surface area contributed by atoms with Gasteiger partial charge in [0.05, 0.1) is 17.8 Å². The molecule has 1 aromatic heterocycles. The second kappa shape index (κ2) is 6.37. The average Bonchev–Trinajstić information content (AvgIpc) is 2.87. The molecule has 96 valence electrons. The SMILES string of the molecule is CCOc1cccc(CNCc2cscn2)c1O. The number of nitrogens with zero attached hydrogens (tertiary/aromatic N) is 1. The van der Waals surface area contributed by atoms with Crippen molar-refractivity contribution in [2.75, 3.05) is 6.61 Å². The van der Waals surface area contributed by atoms with Gasteiger partial charge >= 0.3 is 0 Å². The van der Waals surface area contributed by atoms with E-state index >= 15 is 0 Å². The van der Waals surface area contributed by atoms with Crippen LogP contribution < -0.4 is 10.1 Å². The molecule has 0 atom stereocenters. The van der Waals surface area contributed by atoms with Crippen LogP contribution in [0.5, 0.6) is 11.5 Å². The first kappa shape index (κ1) is 12.9. The molecule has 18 heavy (non-hydrogen) atoms. The third-order valence-electron chi connectivity index (χ3n) is 2.49. The molecular weight excluding hydrogens is 248 g/mol. The minimum Gasteiger partial charge on any atom is -0.504 e. The third-order valence-corrected chi connectivity index (χ3v) is 3.12. The van der Waals surface area contributed by atoms with E-state index in [1.54, 1.807) is 17.4 Å². The van der Waals surface area contributed by atoms with Crippen LogP contribution in [0.25, 0.3) is 0 Å². The molecule has 0 fully saturated rings. The highest BCUT2D eigenvalue weighted by atomic mass is 32.1. The number of phenols is 1. The number of ether oxygens (including phenoxy) is 1. The van der Waals surface area contributed by atoms with Gasteiger partial charge in [-0.2, -0.15) is 0 Å². The van der Waals surface area contributed by atoms with Crippen LogP contribution in [0.1, 0.15) is 18.2 Å². The number of aromatic hydroxyl groups is 1. The maximum Gasteiger partial charge on any atom is 0.162 e. The van der Waals surface area contributed by atoms with Gasteiger partial charge in [-0.1, -0.05) is 12.1 Å². The quantitative estimate of drug-likeness (QED) is 0.842. The van der Waals surface area contributed by atoms with Crippen molar-refractivity contribution in [3.8, 4) is 11.5 Å². The van der Waals surface area contributed by atoms with Crippen molar-refractivity contribution in [2.45, 2.75) is 20.0 Å². The zero-order valence-electron chi connectivity index (χ0n) is 10.2. The van der Waals surface area contributed by atoms with Gasteiger partial charge in [-0.3, -0.25) is 0 Å². The topological polar surface area (TPSA) is 54.4 Å². The average molecular weight is 264 g/mol. The highest BCUT2D eigenvalue weighted by Crippen LogP contribution is 2.29. The molecule has 0 radical (unpaired) electrons. The van der Waals surface area contributed by atoms with E-state index < -0.39 is 0 Å². The number of benzene rings is 1. The molecule has 4 nitrogen and oxygen atoms in total. The lowest BCUT2D eigenvalue weighted by Gasteiger charge is -2.10. The fraction of sp³-hybridized carbons (Fsp3) is 0.308. The van der Waals surface area contributed by atoms with Crippen molar-refractivity contribution in [1.82, 2.24) is 10.3 Å². The number of aromatic nitrogens is 1. The highest BCUT2D eigenvalue weighted by Gasteiger charge is 2.07. The minimum atomic E-state index is 0.213. The number of rotatable bonds is 6. The summed E-state index contributed by atoms with van der Waals surface area (Å²) in [5.41, 5.74) is 3.65. The summed E-state index contributed by atoms with van der Waals surface area (Å²) in [5, 5.41) is 15.2. The number of phenolic OH excluding ortho intramolecular Hbond substituents is 1. The molecule has 0 aliphatic rings. The summed E-state index contributed by atoms with van der Waals surface area (Å²) in [7, 11) is 0. The van der Waals surface area contributed by atoms with Gasteiger partial charge in [0.15, 0.2) is 11.5 Å². The second-order valence-electron chi connectivity index (χ2n) is 3.78. The van der Waals surface area contributed by atoms with Crippen molar-refractivity contribution in [3.05, 3.63) is 40.3 Å². The first-order valence-electron chi connectivity index (χ1n) is 5.82. The Kier molecular flexibility index (Phi) is 4.55. The second-order valence-corrected chi connectivity index (χ2v) is 4.50. The van der Waals surface area contributed by atoms with E-state index in [1.165, 1.54) is 0 Å².